The Morgan fingerprint density at radius 1 is 0.968 bits per heavy atom. The number of aliphatic hydroxyl groups is 1. The maximum atomic E-state index is 12.3. The normalized spacial score (nSPS) is 11.8. The van der Waals surface area contributed by atoms with Crippen LogP contribution in [0.25, 0.3) is 22.1 Å². The second-order valence-electron chi connectivity index (χ2n) is 7.03. The fourth-order valence-corrected chi connectivity index (χ4v) is 3.20. The summed E-state index contributed by atoms with van der Waals surface area (Å²) in [6, 6.07) is 25.1. The summed E-state index contributed by atoms with van der Waals surface area (Å²) in [4.78, 5) is 24.3. The van der Waals surface area contributed by atoms with E-state index in [2.05, 4.69) is 5.32 Å². The van der Waals surface area contributed by atoms with Crippen LogP contribution in [-0.4, -0.2) is 24.2 Å². The molecule has 6 nitrogen and oxygen atoms in total. The van der Waals surface area contributed by atoms with Crippen molar-refractivity contribution >= 4 is 16.9 Å². The van der Waals surface area contributed by atoms with Crippen LogP contribution in [0.1, 0.15) is 11.7 Å². The van der Waals surface area contributed by atoms with Crippen molar-refractivity contribution in [1.82, 2.24) is 5.32 Å². The summed E-state index contributed by atoms with van der Waals surface area (Å²) >= 11 is 0. The van der Waals surface area contributed by atoms with Crippen molar-refractivity contribution in [2.24, 2.45) is 0 Å². The summed E-state index contributed by atoms with van der Waals surface area (Å²) in [6.45, 7) is -0.0815. The number of rotatable bonds is 7. The predicted octanol–water partition coefficient (Wildman–Crippen LogP) is 3.69. The van der Waals surface area contributed by atoms with Gasteiger partial charge in [0.05, 0.1) is 11.7 Å². The van der Waals surface area contributed by atoms with Gasteiger partial charge in [0, 0.05) is 11.9 Å². The van der Waals surface area contributed by atoms with Crippen LogP contribution in [0.2, 0.25) is 0 Å². The molecule has 1 amide bonds. The maximum absolute atomic E-state index is 12.3. The molecule has 3 aromatic carbocycles. The van der Waals surface area contributed by atoms with Crippen molar-refractivity contribution in [3.05, 3.63) is 101 Å². The molecule has 2 N–H and O–H groups in total. The van der Waals surface area contributed by atoms with Gasteiger partial charge in [-0.05, 0) is 35.4 Å². The molecular formula is C25H21NO5. The van der Waals surface area contributed by atoms with Crippen molar-refractivity contribution in [2.45, 2.75) is 6.10 Å². The number of amides is 1. The SMILES string of the molecule is O=C(COc1ccc(-c2cc3ccccc3oc2=O)cc1)NC[C@H](O)c1ccccc1. The average Bonchev–Trinajstić information content (AvgIpc) is 2.81. The molecule has 0 radical (unpaired) electrons. The predicted molar refractivity (Wildman–Crippen MR) is 118 cm³/mol. The molecule has 0 saturated heterocycles. The van der Waals surface area contributed by atoms with E-state index in [0.717, 1.165) is 10.9 Å². The third-order valence-electron chi connectivity index (χ3n) is 4.85. The number of carbonyl (C=O) groups excluding carboxylic acids is 1. The van der Waals surface area contributed by atoms with Gasteiger partial charge in [-0.3, -0.25) is 4.79 Å². The molecule has 0 aliphatic rings. The molecule has 156 valence electrons. The van der Waals surface area contributed by atoms with E-state index in [0.29, 0.717) is 22.5 Å². The summed E-state index contributed by atoms with van der Waals surface area (Å²) in [5.41, 5.74) is 2.01. The topological polar surface area (TPSA) is 88.8 Å². The Kier molecular flexibility index (Phi) is 6.10. The van der Waals surface area contributed by atoms with Gasteiger partial charge in [-0.25, -0.2) is 4.79 Å². The zero-order valence-corrected chi connectivity index (χ0v) is 16.7. The van der Waals surface area contributed by atoms with Crippen molar-refractivity contribution < 1.29 is 19.1 Å². The van der Waals surface area contributed by atoms with E-state index < -0.39 is 11.7 Å². The van der Waals surface area contributed by atoms with Gasteiger partial charge in [0.1, 0.15) is 11.3 Å². The molecule has 0 unspecified atom stereocenters. The number of hydrogen-bond donors (Lipinski definition) is 2. The van der Waals surface area contributed by atoms with Gasteiger partial charge in [-0.15, -0.1) is 0 Å². The number of ether oxygens (including phenoxy) is 1. The summed E-state index contributed by atoms with van der Waals surface area (Å²) in [6.07, 6.45) is -0.780. The van der Waals surface area contributed by atoms with E-state index in [4.69, 9.17) is 9.15 Å². The zero-order chi connectivity index (χ0) is 21.6. The molecular weight excluding hydrogens is 394 g/mol. The Hall–Kier alpha value is -3.90. The first-order chi connectivity index (χ1) is 15.1. The highest BCUT2D eigenvalue weighted by atomic mass is 16.5. The quantitative estimate of drug-likeness (QED) is 0.450. The minimum Gasteiger partial charge on any atom is -0.484 e. The molecule has 0 saturated carbocycles. The van der Waals surface area contributed by atoms with Crippen LogP contribution in [0.15, 0.2) is 94.1 Å². The molecule has 31 heavy (non-hydrogen) atoms. The van der Waals surface area contributed by atoms with Crippen LogP contribution in [0.3, 0.4) is 0 Å². The number of para-hydroxylation sites is 1. The molecule has 0 aliphatic carbocycles. The number of carbonyl (C=O) groups is 1. The first kappa shape index (κ1) is 20.4. The fraction of sp³-hybridized carbons (Fsp3) is 0.120. The van der Waals surface area contributed by atoms with Crippen LogP contribution in [0.4, 0.5) is 0 Å². The number of nitrogens with one attached hydrogen (secondary N) is 1. The van der Waals surface area contributed by atoms with Gasteiger partial charge < -0.3 is 19.6 Å². The molecule has 0 aliphatic heterocycles. The number of benzene rings is 3. The third-order valence-corrected chi connectivity index (χ3v) is 4.85. The molecule has 0 spiro atoms. The van der Waals surface area contributed by atoms with E-state index >= 15 is 0 Å². The van der Waals surface area contributed by atoms with E-state index in [-0.39, 0.29) is 19.1 Å². The van der Waals surface area contributed by atoms with E-state index in [9.17, 15) is 14.7 Å². The molecule has 4 aromatic rings. The van der Waals surface area contributed by atoms with Gasteiger partial charge >= 0.3 is 5.63 Å². The lowest BCUT2D eigenvalue weighted by molar-refractivity contribution is -0.123. The molecule has 4 rings (SSSR count). The van der Waals surface area contributed by atoms with Gasteiger partial charge in [0.25, 0.3) is 5.91 Å². The van der Waals surface area contributed by atoms with Crippen LogP contribution in [0.5, 0.6) is 5.75 Å². The lowest BCUT2D eigenvalue weighted by Crippen LogP contribution is -2.32. The average molecular weight is 415 g/mol. The van der Waals surface area contributed by atoms with Gasteiger partial charge in [-0.1, -0.05) is 60.7 Å². The first-order valence-corrected chi connectivity index (χ1v) is 9.86. The summed E-state index contributed by atoms with van der Waals surface area (Å²) in [5.74, 6) is 0.155. The fourth-order valence-electron chi connectivity index (χ4n) is 3.20. The number of aliphatic hydroxyl groups excluding tert-OH is 1. The zero-order valence-electron chi connectivity index (χ0n) is 16.7. The monoisotopic (exact) mass is 415 g/mol. The van der Waals surface area contributed by atoms with Crippen LogP contribution in [-0.2, 0) is 4.79 Å². The second kappa shape index (κ2) is 9.28. The van der Waals surface area contributed by atoms with Crippen LogP contribution in [0, 0.1) is 0 Å². The highest BCUT2D eigenvalue weighted by molar-refractivity contribution is 5.81. The van der Waals surface area contributed by atoms with Gasteiger partial charge in [0.15, 0.2) is 6.61 Å². The van der Waals surface area contributed by atoms with E-state index in [1.165, 1.54) is 0 Å². The molecule has 1 heterocycles. The highest BCUT2D eigenvalue weighted by Crippen LogP contribution is 2.23. The number of hydrogen-bond acceptors (Lipinski definition) is 5. The van der Waals surface area contributed by atoms with E-state index in [1.54, 1.807) is 48.5 Å². The lowest BCUT2D eigenvalue weighted by atomic mass is 10.1. The third kappa shape index (κ3) is 4.99. The van der Waals surface area contributed by atoms with Gasteiger partial charge in [0.2, 0.25) is 0 Å². The van der Waals surface area contributed by atoms with Crippen molar-refractivity contribution in [3.8, 4) is 16.9 Å². The molecule has 0 bridgehead atoms. The van der Waals surface area contributed by atoms with Crippen molar-refractivity contribution in [3.63, 3.8) is 0 Å². The molecule has 1 atom stereocenters. The lowest BCUT2D eigenvalue weighted by Gasteiger charge is -2.12. The Labute approximate surface area is 178 Å². The van der Waals surface area contributed by atoms with Crippen molar-refractivity contribution in [2.75, 3.05) is 13.2 Å². The van der Waals surface area contributed by atoms with E-state index in [1.807, 2.05) is 36.4 Å². The summed E-state index contributed by atoms with van der Waals surface area (Å²) < 4.78 is 10.9. The molecule has 1 aromatic heterocycles. The largest absolute Gasteiger partial charge is 0.484 e. The van der Waals surface area contributed by atoms with Crippen LogP contribution >= 0.6 is 0 Å². The van der Waals surface area contributed by atoms with Gasteiger partial charge in [-0.2, -0.15) is 0 Å². The Morgan fingerprint density at radius 2 is 1.68 bits per heavy atom. The number of fused-ring (bicyclic) bond motifs is 1. The minimum atomic E-state index is -0.780. The first-order valence-electron chi connectivity index (χ1n) is 9.86. The highest BCUT2D eigenvalue weighted by Gasteiger charge is 2.11. The standard InChI is InChI=1S/C25H21NO5/c27-22(18-6-2-1-3-7-18)15-26-24(28)16-30-20-12-10-17(11-13-20)21-14-19-8-4-5-9-23(19)31-25(21)29/h1-14,22,27H,15-16H2,(H,26,28)/t22-/m0/s1. The smallest absolute Gasteiger partial charge is 0.344 e. The molecule has 0 fully saturated rings. The summed E-state index contributed by atoms with van der Waals surface area (Å²) in [5, 5.41) is 13.6. The summed E-state index contributed by atoms with van der Waals surface area (Å²) in [7, 11) is 0. The van der Waals surface area contributed by atoms with Crippen LogP contribution < -0.4 is 15.7 Å². The maximum Gasteiger partial charge on any atom is 0.344 e. The minimum absolute atomic E-state index is 0.100. The second-order valence-corrected chi connectivity index (χ2v) is 7.03. The van der Waals surface area contributed by atoms with Crippen molar-refractivity contribution in [1.29, 1.82) is 0 Å². The Morgan fingerprint density at radius 3 is 2.45 bits per heavy atom. The Bertz CT molecular complexity index is 1230. The molecule has 6 heteroatoms. The Balaban J connectivity index is 1.34.